The van der Waals surface area contributed by atoms with Gasteiger partial charge in [-0.3, -0.25) is 9.59 Å². The maximum atomic E-state index is 12.2. The number of carboxylic acid groups (broad SMARTS) is 1. The Morgan fingerprint density at radius 1 is 1.60 bits per heavy atom. The Bertz CT molecular complexity index is 715. The largest absolute Gasteiger partial charge is 0.481 e. The van der Waals surface area contributed by atoms with E-state index in [0.29, 0.717) is 18.2 Å². The average molecular weight is 292 g/mol. The molecule has 1 saturated carbocycles. The number of thiophene rings is 1. The Labute approximate surface area is 119 Å². The van der Waals surface area contributed by atoms with Crippen molar-refractivity contribution in [3.63, 3.8) is 0 Å². The van der Waals surface area contributed by atoms with E-state index in [1.54, 1.807) is 0 Å². The first-order chi connectivity index (χ1) is 9.54. The minimum atomic E-state index is -0.826. The lowest BCUT2D eigenvalue weighted by molar-refractivity contribution is -0.137. The van der Waals surface area contributed by atoms with Gasteiger partial charge in [-0.2, -0.15) is 0 Å². The summed E-state index contributed by atoms with van der Waals surface area (Å²) in [6, 6.07) is 0. The molecule has 1 atom stereocenters. The van der Waals surface area contributed by atoms with E-state index >= 15 is 0 Å². The van der Waals surface area contributed by atoms with Crippen LogP contribution in [0.25, 0.3) is 10.2 Å². The first-order valence-corrected chi connectivity index (χ1v) is 7.64. The molecule has 1 unspecified atom stereocenters. The molecule has 5 nitrogen and oxygen atoms in total. The summed E-state index contributed by atoms with van der Waals surface area (Å²) in [5.74, 6) is 0.243. The number of aliphatic carboxylic acids is 1. The van der Waals surface area contributed by atoms with Crippen molar-refractivity contribution in [2.75, 3.05) is 0 Å². The van der Waals surface area contributed by atoms with Gasteiger partial charge < -0.3 is 10.1 Å². The molecular formula is C14H16N2O3S. The zero-order chi connectivity index (χ0) is 14.3. The molecule has 6 heteroatoms. The fourth-order valence-electron chi connectivity index (χ4n) is 2.51. The van der Waals surface area contributed by atoms with Crippen LogP contribution in [0.15, 0.2) is 10.2 Å². The van der Waals surface area contributed by atoms with Crippen LogP contribution in [-0.4, -0.2) is 21.0 Å². The van der Waals surface area contributed by atoms with Gasteiger partial charge >= 0.3 is 5.97 Å². The number of nitrogens with one attached hydrogen (secondary N) is 1. The summed E-state index contributed by atoms with van der Waals surface area (Å²) in [7, 11) is 0. The van der Waals surface area contributed by atoms with Crippen LogP contribution in [0.3, 0.4) is 0 Å². The fraction of sp³-hybridized carbons (Fsp3) is 0.500. The summed E-state index contributed by atoms with van der Waals surface area (Å²) in [5, 5.41) is 11.5. The van der Waals surface area contributed by atoms with Gasteiger partial charge in [0.05, 0.1) is 5.39 Å². The molecular weight excluding hydrogens is 276 g/mol. The maximum Gasteiger partial charge on any atom is 0.303 e. The Morgan fingerprint density at radius 3 is 3.00 bits per heavy atom. The predicted molar refractivity (Wildman–Crippen MR) is 77.3 cm³/mol. The molecule has 2 heterocycles. The van der Waals surface area contributed by atoms with Gasteiger partial charge in [-0.05, 0) is 35.6 Å². The lowest BCUT2D eigenvalue weighted by Crippen LogP contribution is -2.15. The molecule has 0 radical (unpaired) electrons. The van der Waals surface area contributed by atoms with Crippen molar-refractivity contribution >= 4 is 27.5 Å². The van der Waals surface area contributed by atoms with E-state index in [2.05, 4.69) is 9.97 Å². The molecule has 0 bridgehead atoms. The summed E-state index contributed by atoms with van der Waals surface area (Å²) in [6.45, 7) is 1.85. The molecule has 3 rings (SSSR count). The highest BCUT2D eigenvalue weighted by Crippen LogP contribution is 2.43. The zero-order valence-corrected chi connectivity index (χ0v) is 12.0. The van der Waals surface area contributed by atoms with Gasteiger partial charge in [0.15, 0.2) is 0 Å². The van der Waals surface area contributed by atoms with Crippen molar-refractivity contribution in [1.82, 2.24) is 9.97 Å². The number of rotatable bonds is 5. The van der Waals surface area contributed by atoms with E-state index in [4.69, 9.17) is 5.11 Å². The van der Waals surface area contributed by atoms with Gasteiger partial charge in [-0.25, -0.2) is 4.98 Å². The van der Waals surface area contributed by atoms with Crippen molar-refractivity contribution < 1.29 is 9.90 Å². The number of H-pyrrole nitrogens is 1. The molecule has 106 valence electrons. The minimum Gasteiger partial charge on any atom is -0.481 e. The lowest BCUT2D eigenvalue weighted by Gasteiger charge is -2.07. The maximum absolute atomic E-state index is 12.2. The predicted octanol–water partition coefficient (Wildman–Crippen LogP) is 2.52. The standard InChI is InChI=1S/C14H16N2O3S/c1-7(5-11(17)18)4-10-15-13(19)12-9(8-2-3-8)6-20-14(12)16-10/h6-8H,2-5H2,1H3,(H,17,18)(H,15,16,19). The Morgan fingerprint density at radius 2 is 2.35 bits per heavy atom. The van der Waals surface area contributed by atoms with Crippen molar-refractivity contribution in [1.29, 1.82) is 0 Å². The molecule has 2 aromatic heterocycles. The first-order valence-electron chi connectivity index (χ1n) is 6.76. The molecule has 0 amide bonds. The van der Waals surface area contributed by atoms with Crippen LogP contribution < -0.4 is 5.56 Å². The molecule has 20 heavy (non-hydrogen) atoms. The topological polar surface area (TPSA) is 83.0 Å². The molecule has 0 saturated heterocycles. The smallest absolute Gasteiger partial charge is 0.303 e. The lowest BCUT2D eigenvalue weighted by atomic mass is 10.0. The summed E-state index contributed by atoms with van der Waals surface area (Å²) < 4.78 is 0. The van der Waals surface area contributed by atoms with Crippen LogP contribution in [0.4, 0.5) is 0 Å². The van der Waals surface area contributed by atoms with Crippen LogP contribution >= 0.6 is 11.3 Å². The van der Waals surface area contributed by atoms with Crippen LogP contribution in [0.1, 0.15) is 43.5 Å². The summed E-state index contributed by atoms with van der Waals surface area (Å²) in [4.78, 5) is 31.0. The molecule has 0 aliphatic heterocycles. The van der Waals surface area contributed by atoms with Crippen LogP contribution in [0.2, 0.25) is 0 Å². The van der Waals surface area contributed by atoms with Crippen LogP contribution in [-0.2, 0) is 11.2 Å². The molecule has 2 aromatic rings. The third kappa shape index (κ3) is 2.60. The number of carboxylic acids is 1. The van der Waals surface area contributed by atoms with E-state index in [-0.39, 0.29) is 17.9 Å². The Balaban J connectivity index is 1.90. The number of fused-ring (bicyclic) bond motifs is 1. The van der Waals surface area contributed by atoms with E-state index in [9.17, 15) is 9.59 Å². The van der Waals surface area contributed by atoms with Crippen LogP contribution in [0.5, 0.6) is 0 Å². The molecule has 0 spiro atoms. The number of aromatic amines is 1. The quantitative estimate of drug-likeness (QED) is 0.887. The van der Waals surface area contributed by atoms with Gasteiger partial charge in [0.1, 0.15) is 10.7 Å². The summed E-state index contributed by atoms with van der Waals surface area (Å²) >= 11 is 1.50. The van der Waals surface area contributed by atoms with E-state index in [0.717, 1.165) is 28.6 Å². The molecule has 1 aliphatic rings. The van der Waals surface area contributed by atoms with Gasteiger partial charge in [0.25, 0.3) is 5.56 Å². The van der Waals surface area contributed by atoms with Gasteiger partial charge in [0, 0.05) is 12.8 Å². The normalized spacial score (nSPS) is 16.4. The number of nitrogens with zero attached hydrogens (tertiary/aromatic N) is 1. The minimum absolute atomic E-state index is 0.0454. The monoisotopic (exact) mass is 292 g/mol. The fourth-order valence-corrected chi connectivity index (χ4v) is 3.55. The second kappa shape index (κ2) is 5.01. The first kappa shape index (κ1) is 13.3. The molecule has 2 N–H and O–H groups in total. The highest BCUT2D eigenvalue weighted by molar-refractivity contribution is 7.16. The van der Waals surface area contributed by atoms with E-state index in [1.807, 2.05) is 12.3 Å². The van der Waals surface area contributed by atoms with E-state index in [1.165, 1.54) is 11.3 Å². The summed E-state index contributed by atoms with van der Waals surface area (Å²) in [6.07, 6.45) is 2.87. The summed E-state index contributed by atoms with van der Waals surface area (Å²) in [5.41, 5.74) is 1.04. The third-order valence-corrected chi connectivity index (χ3v) is 4.49. The zero-order valence-electron chi connectivity index (χ0n) is 11.2. The number of aromatic nitrogens is 2. The second-order valence-electron chi connectivity index (χ2n) is 5.57. The van der Waals surface area contributed by atoms with Gasteiger partial charge in [-0.15, -0.1) is 11.3 Å². The Hall–Kier alpha value is -1.69. The number of hydrogen-bond donors (Lipinski definition) is 2. The van der Waals surface area contributed by atoms with Crippen molar-refractivity contribution in [2.24, 2.45) is 5.92 Å². The second-order valence-corrected chi connectivity index (χ2v) is 6.42. The highest BCUT2D eigenvalue weighted by atomic mass is 32.1. The SMILES string of the molecule is CC(CC(=O)O)Cc1nc2scc(C3CC3)c2c(=O)[nH]1. The van der Waals surface area contributed by atoms with Crippen molar-refractivity contribution in [2.45, 2.75) is 38.5 Å². The van der Waals surface area contributed by atoms with Gasteiger partial charge in [0.2, 0.25) is 0 Å². The molecule has 1 aliphatic carbocycles. The van der Waals surface area contributed by atoms with E-state index < -0.39 is 5.97 Å². The van der Waals surface area contributed by atoms with Gasteiger partial charge in [-0.1, -0.05) is 6.92 Å². The molecule has 0 aromatic carbocycles. The van der Waals surface area contributed by atoms with Crippen LogP contribution in [0, 0.1) is 5.92 Å². The van der Waals surface area contributed by atoms with Crippen molar-refractivity contribution in [3.8, 4) is 0 Å². The van der Waals surface area contributed by atoms with Crippen molar-refractivity contribution in [3.05, 3.63) is 27.1 Å². The third-order valence-electron chi connectivity index (χ3n) is 3.60. The molecule has 1 fully saturated rings. The number of hydrogen-bond acceptors (Lipinski definition) is 4. The highest BCUT2D eigenvalue weighted by Gasteiger charge is 2.28. The average Bonchev–Trinajstić information content (AvgIpc) is 3.08. The number of carbonyl (C=O) groups is 1. The Kier molecular flexibility index (Phi) is 3.33.